The van der Waals surface area contributed by atoms with E-state index in [0.717, 1.165) is 23.4 Å². The van der Waals surface area contributed by atoms with Crippen LogP contribution in [0.1, 0.15) is 19.0 Å². The summed E-state index contributed by atoms with van der Waals surface area (Å²) in [6.07, 6.45) is 0.399. The largest absolute Gasteiger partial charge is 0.369 e. The average molecular weight is 264 g/mol. The van der Waals surface area contributed by atoms with Gasteiger partial charge in [0.05, 0.1) is 5.69 Å². The van der Waals surface area contributed by atoms with Gasteiger partial charge in [0.2, 0.25) is 11.9 Å². The van der Waals surface area contributed by atoms with Crippen LogP contribution in [0.3, 0.4) is 0 Å². The number of hydrogen-bond donors (Lipinski definition) is 1. The number of anilines is 1. The van der Waals surface area contributed by atoms with Crippen molar-refractivity contribution in [2.75, 3.05) is 19.8 Å². The summed E-state index contributed by atoms with van der Waals surface area (Å²) in [7, 11) is 3.49. The number of carbonyl (C=O) groups excluding carboxylic acids is 1. The minimum atomic E-state index is 0.0699. The summed E-state index contributed by atoms with van der Waals surface area (Å²) < 4.78 is 3.73. The van der Waals surface area contributed by atoms with Crippen molar-refractivity contribution in [3.63, 3.8) is 0 Å². The number of aromatic nitrogens is 4. The first-order chi connectivity index (χ1) is 8.95. The summed E-state index contributed by atoms with van der Waals surface area (Å²) in [6, 6.07) is 0. The molecule has 0 spiro atoms. The Morgan fingerprint density at radius 1 is 1.42 bits per heavy atom. The molecule has 0 saturated heterocycles. The van der Waals surface area contributed by atoms with Crippen LogP contribution < -0.4 is 5.73 Å². The minimum Gasteiger partial charge on any atom is -0.369 e. The molecule has 1 amide bonds. The predicted octanol–water partition coefficient (Wildman–Crippen LogP) is 0.622. The molecule has 104 valence electrons. The fourth-order valence-electron chi connectivity index (χ4n) is 2.11. The maximum atomic E-state index is 11.7. The lowest BCUT2D eigenvalue weighted by Gasteiger charge is -2.11. The second-order valence-electron chi connectivity index (χ2n) is 4.73. The number of amides is 1. The molecule has 0 saturated carbocycles. The molecule has 0 atom stereocenters. The Balaban J connectivity index is 2.36. The lowest BCUT2D eigenvalue weighted by Crippen LogP contribution is -2.23. The van der Waals surface area contributed by atoms with Gasteiger partial charge >= 0.3 is 0 Å². The van der Waals surface area contributed by atoms with Gasteiger partial charge in [-0.1, -0.05) is 0 Å². The second-order valence-corrected chi connectivity index (χ2v) is 4.73. The van der Waals surface area contributed by atoms with Gasteiger partial charge in [-0.05, 0) is 13.8 Å². The van der Waals surface area contributed by atoms with Gasteiger partial charge in [-0.3, -0.25) is 9.36 Å². The minimum absolute atomic E-state index is 0.0699. The quantitative estimate of drug-likeness (QED) is 0.877. The average Bonchev–Trinajstić information content (AvgIpc) is 2.84. The van der Waals surface area contributed by atoms with Crippen molar-refractivity contribution in [2.24, 2.45) is 0 Å². The number of nitrogens with two attached hydrogens (primary N) is 1. The van der Waals surface area contributed by atoms with Crippen LogP contribution in [0.2, 0.25) is 0 Å². The second kappa shape index (κ2) is 4.91. The number of imidazole rings is 1. The first-order valence-electron chi connectivity index (χ1n) is 6.35. The van der Waals surface area contributed by atoms with Crippen molar-refractivity contribution >= 4 is 23.0 Å². The molecule has 0 aliphatic heterocycles. The van der Waals surface area contributed by atoms with E-state index >= 15 is 0 Å². The van der Waals surface area contributed by atoms with Crippen molar-refractivity contribution in [2.45, 2.75) is 33.4 Å². The molecule has 7 heteroatoms. The highest BCUT2D eigenvalue weighted by Gasteiger charge is 2.17. The van der Waals surface area contributed by atoms with Crippen LogP contribution in [0, 0.1) is 6.92 Å². The Bertz CT molecular complexity index is 609. The third kappa shape index (κ3) is 2.27. The molecule has 0 bridgehead atoms. The van der Waals surface area contributed by atoms with Crippen LogP contribution >= 0.6 is 0 Å². The molecule has 0 radical (unpaired) electrons. The van der Waals surface area contributed by atoms with Gasteiger partial charge in [-0.15, -0.1) is 0 Å². The van der Waals surface area contributed by atoms with Gasteiger partial charge in [-0.2, -0.15) is 5.10 Å². The number of fused-ring (bicyclic) bond motifs is 1. The number of nitrogens with zero attached hydrogens (tertiary/aromatic N) is 5. The summed E-state index contributed by atoms with van der Waals surface area (Å²) in [5.74, 6) is 0.504. The number of aryl methyl sites for hydroxylation is 3. The Morgan fingerprint density at radius 2 is 2.11 bits per heavy atom. The maximum Gasteiger partial charge on any atom is 0.223 e. The van der Waals surface area contributed by atoms with Crippen LogP contribution in [0.5, 0.6) is 0 Å². The van der Waals surface area contributed by atoms with E-state index in [9.17, 15) is 4.79 Å². The SMILES string of the molecule is CCn1nc(C)c2nc(N)n(CCC(=O)N(C)C)c21. The summed E-state index contributed by atoms with van der Waals surface area (Å²) in [6.45, 7) is 5.20. The first kappa shape index (κ1) is 13.4. The van der Waals surface area contributed by atoms with Crippen LogP contribution in [0.4, 0.5) is 5.95 Å². The number of carbonyl (C=O) groups is 1. The zero-order valence-corrected chi connectivity index (χ0v) is 11.8. The molecule has 0 aliphatic carbocycles. The van der Waals surface area contributed by atoms with Gasteiger partial charge < -0.3 is 10.6 Å². The third-order valence-corrected chi connectivity index (χ3v) is 3.18. The highest BCUT2D eigenvalue weighted by atomic mass is 16.2. The number of hydrogen-bond acceptors (Lipinski definition) is 4. The van der Waals surface area contributed by atoms with E-state index in [4.69, 9.17) is 5.73 Å². The Labute approximate surface area is 112 Å². The van der Waals surface area contributed by atoms with E-state index in [1.165, 1.54) is 0 Å². The summed E-state index contributed by atoms with van der Waals surface area (Å²) in [4.78, 5) is 17.6. The molecule has 2 aromatic rings. The molecule has 7 nitrogen and oxygen atoms in total. The lowest BCUT2D eigenvalue weighted by atomic mass is 10.3. The van der Waals surface area contributed by atoms with E-state index in [0.29, 0.717) is 18.9 Å². The van der Waals surface area contributed by atoms with Crippen molar-refractivity contribution in [1.82, 2.24) is 24.2 Å². The molecule has 2 aromatic heterocycles. The van der Waals surface area contributed by atoms with E-state index in [1.807, 2.05) is 23.1 Å². The van der Waals surface area contributed by atoms with Gasteiger partial charge in [-0.25, -0.2) is 9.67 Å². The Kier molecular flexibility index (Phi) is 3.46. The molecule has 2 rings (SSSR count). The van der Waals surface area contributed by atoms with Gasteiger partial charge in [0.25, 0.3) is 0 Å². The summed E-state index contributed by atoms with van der Waals surface area (Å²) >= 11 is 0. The smallest absolute Gasteiger partial charge is 0.223 e. The molecule has 0 fully saturated rings. The molecular weight excluding hydrogens is 244 g/mol. The van der Waals surface area contributed by atoms with Crippen LogP contribution in [-0.4, -0.2) is 44.2 Å². The number of rotatable bonds is 4. The summed E-state index contributed by atoms with van der Waals surface area (Å²) in [5.41, 5.74) is 8.51. The van der Waals surface area contributed by atoms with Gasteiger partial charge in [0.15, 0.2) is 5.65 Å². The highest BCUT2D eigenvalue weighted by molar-refractivity contribution is 5.79. The molecule has 0 aliphatic rings. The lowest BCUT2D eigenvalue weighted by molar-refractivity contribution is -0.128. The topological polar surface area (TPSA) is 82.0 Å². The molecular formula is C12H20N6O. The van der Waals surface area contributed by atoms with Crippen molar-refractivity contribution in [1.29, 1.82) is 0 Å². The molecule has 0 aromatic carbocycles. The normalized spacial score (nSPS) is 11.2. The maximum absolute atomic E-state index is 11.7. The molecule has 0 unspecified atom stereocenters. The molecule has 2 heterocycles. The van der Waals surface area contributed by atoms with Crippen LogP contribution in [0.15, 0.2) is 0 Å². The third-order valence-electron chi connectivity index (χ3n) is 3.18. The summed E-state index contributed by atoms with van der Waals surface area (Å²) in [5, 5.41) is 4.41. The Hall–Kier alpha value is -2.05. The van der Waals surface area contributed by atoms with Crippen LogP contribution in [0.25, 0.3) is 11.2 Å². The molecule has 19 heavy (non-hydrogen) atoms. The first-order valence-corrected chi connectivity index (χ1v) is 6.35. The van der Waals surface area contributed by atoms with E-state index in [-0.39, 0.29) is 5.91 Å². The fraction of sp³-hybridized carbons (Fsp3) is 0.583. The Morgan fingerprint density at radius 3 is 2.68 bits per heavy atom. The molecule has 2 N–H and O–H groups in total. The van der Waals surface area contributed by atoms with E-state index < -0.39 is 0 Å². The van der Waals surface area contributed by atoms with Crippen LogP contribution in [-0.2, 0) is 17.9 Å². The van der Waals surface area contributed by atoms with Crippen molar-refractivity contribution in [3.8, 4) is 0 Å². The van der Waals surface area contributed by atoms with E-state index in [1.54, 1.807) is 19.0 Å². The van der Waals surface area contributed by atoms with Gasteiger partial charge in [0, 0.05) is 33.6 Å². The zero-order valence-electron chi connectivity index (χ0n) is 11.8. The fourth-order valence-corrected chi connectivity index (χ4v) is 2.11. The van der Waals surface area contributed by atoms with Gasteiger partial charge in [0.1, 0.15) is 5.52 Å². The van der Waals surface area contributed by atoms with Crippen molar-refractivity contribution in [3.05, 3.63) is 5.69 Å². The van der Waals surface area contributed by atoms with E-state index in [2.05, 4.69) is 10.1 Å². The zero-order chi connectivity index (χ0) is 14.2. The predicted molar refractivity (Wildman–Crippen MR) is 73.7 cm³/mol. The van der Waals surface area contributed by atoms with Crippen molar-refractivity contribution < 1.29 is 4.79 Å². The highest BCUT2D eigenvalue weighted by Crippen LogP contribution is 2.21. The standard InChI is InChI=1S/C12H20N6O/c1-5-18-11-10(8(2)15-18)14-12(13)17(11)7-6-9(19)16(3)4/h5-7H2,1-4H3,(H2,13,14). The monoisotopic (exact) mass is 264 g/mol. The number of nitrogen functional groups attached to an aromatic ring is 1.